The van der Waals surface area contributed by atoms with Crippen molar-refractivity contribution < 1.29 is 9.53 Å². The largest absolute Gasteiger partial charge is 0.466 e. The molecule has 130 valence electrons. The summed E-state index contributed by atoms with van der Waals surface area (Å²) in [5.41, 5.74) is 9.41. The van der Waals surface area contributed by atoms with Crippen LogP contribution in [0.4, 0.5) is 11.6 Å². The quantitative estimate of drug-likeness (QED) is 0.575. The van der Waals surface area contributed by atoms with E-state index in [2.05, 4.69) is 27.4 Å². The number of hydrogen-bond donors (Lipinski definition) is 3. The van der Waals surface area contributed by atoms with Gasteiger partial charge in [0.25, 0.3) is 0 Å². The average Bonchev–Trinajstić information content (AvgIpc) is 2.59. The Morgan fingerprint density at radius 3 is 2.76 bits per heavy atom. The van der Waals surface area contributed by atoms with E-state index in [1.165, 1.54) is 12.7 Å². The molecule has 2 aromatic rings. The summed E-state index contributed by atoms with van der Waals surface area (Å²) in [6, 6.07) is 10.1. The molecule has 0 fully saturated rings. The summed E-state index contributed by atoms with van der Waals surface area (Å²) in [4.78, 5) is 19.6. The number of H-pyrrole nitrogens is 1. The fraction of sp³-hybridized carbons (Fsp3) is 0.278. The van der Waals surface area contributed by atoms with Crippen LogP contribution >= 0.6 is 12.2 Å². The van der Waals surface area contributed by atoms with Crippen LogP contribution in [-0.4, -0.2) is 23.0 Å². The van der Waals surface area contributed by atoms with Crippen molar-refractivity contribution in [1.82, 2.24) is 9.97 Å². The van der Waals surface area contributed by atoms with Crippen molar-refractivity contribution in [3.05, 3.63) is 57.5 Å². The fourth-order valence-electron chi connectivity index (χ4n) is 3.25. The Kier molecular flexibility index (Phi) is 4.85. The van der Waals surface area contributed by atoms with Gasteiger partial charge in [-0.3, -0.25) is 0 Å². The highest BCUT2D eigenvalue weighted by atomic mass is 32.1. The molecule has 1 aromatic carbocycles. The van der Waals surface area contributed by atoms with Gasteiger partial charge in [0.15, 0.2) is 4.77 Å². The number of carbonyl (C=O) groups excluding carboxylic acids is 1. The number of anilines is 2. The molecule has 0 radical (unpaired) electrons. The van der Waals surface area contributed by atoms with E-state index in [1.54, 1.807) is 0 Å². The molecule has 7 heteroatoms. The molecule has 6 nitrogen and oxygen atoms in total. The van der Waals surface area contributed by atoms with Gasteiger partial charge in [0, 0.05) is 17.2 Å². The third kappa shape index (κ3) is 3.41. The molecule has 1 aliphatic rings. The number of fused-ring (bicyclic) bond motifs is 1. The van der Waals surface area contributed by atoms with Crippen molar-refractivity contribution in [3.8, 4) is 0 Å². The first-order chi connectivity index (χ1) is 12.0. The lowest BCUT2D eigenvalue weighted by molar-refractivity contribution is -0.136. The maximum Gasteiger partial charge on any atom is 0.336 e. The number of aromatic amines is 1. The van der Waals surface area contributed by atoms with E-state index in [9.17, 15) is 4.79 Å². The molecule has 1 aliphatic heterocycles. The monoisotopic (exact) mass is 356 g/mol. The van der Waals surface area contributed by atoms with Crippen molar-refractivity contribution in [3.63, 3.8) is 0 Å². The minimum absolute atomic E-state index is 0.219. The summed E-state index contributed by atoms with van der Waals surface area (Å²) in [5, 5.41) is 3.14. The Bertz CT molecular complexity index is 890. The number of nitrogens with one attached hydrogen (secondary N) is 2. The van der Waals surface area contributed by atoms with Gasteiger partial charge in [0.1, 0.15) is 11.6 Å². The summed E-state index contributed by atoms with van der Waals surface area (Å²) in [7, 11) is 1.38. The topological polar surface area (TPSA) is 93.0 Å². The Balaban J connectivity index is 2.04. The van der Waals surface area contributed by atoms with Crippen molar-refractivity contribution >= 4 is 29.8 Å². The molecule has 0 amide bonds. The molecular weight excluding hydrogens is 336 g/mol. The summed E-state index contributed by atoms with van der Waals surface area (Å²) in [5.74, 6) is 0.442. The summed E-state index contributed by atoms with van der Waals surface area (Å²) < 4.78 is 5.30. The average molecular weight is 356 g/mol. The second kappa shape index (κ2) is 7.06. The zero-order valence-electron chi connectivity index (χ0n) is 14.1. The van der Waals surface area contributed by atoms with E-state index in [4.69, 9.17) is 22.7 Å². The minimum atomic E-state index is -0.365. The van der Waals surface area contributed by atoms with Crippen LogP contribution < -0.4 is 11.1 Å². The molecule has 4 N–H and O–H groups in total. The predicted octanol–water partition coefficient (Wildman–Crippen LogP) is 3.31. The van der Waals surface area contributed by atoms with Gasteiger partial charge in [-0.1, -0.05) is 30.3 Å². The van der Waals surface area contributed by atoms with Crippen molar-refractivity contribution in [2.45, 2.75) is 25.7 Å². The van der Waals surface area contributed by atoms with Crippen LogP contribution in [-0.2, 0) is 16.0 Å². The summed E-state index contributed by atoms with van der Waals surface area (Å²) in [6.45, 7) is 1.84. The second-order valence-corrected chi connectivity index (χ2v) is 6.34. The molecule has 25 heavy (non-hydrogen) atoms. The first kappa shape index (κ1) is 17.2. The lowest BCUT2D eigenvalue weighted by atomic mass is 9.83. The molecule has 0 aliphatic carbocycles. The number of nitrogens with two attached hydrogens (primary N) is 1. The molecule has 0 saturated heterocycles. The maximum absolute atomic E-state index is 12.4. The highest BCUT2D eigenvalue weighted by molar-refractivity contribution is 7.71. The third-order valence-corrected chi connectivity index (χ3v) is 4.57. The molecule has 1 unspecified atom stereocenters. The van der Waals surface area contributed by atoms with E-state index < -0.39 is 0 Å². The van der Waals surface area contributed by atoms with E-state index in [-0.39, 0.29) is 11.9 Å². The molecule has 2 heterocycles. The number of carbonyl (C=O) groups is 1. The van der Waals surface area contributed by atoms with Gasteiger partial charge in [0.2, 0.25) is 0 Å². The second-order valence-electron chi connectivity index (χ2n) is 5.95. The zero-order valence-corrected chi connectivity index (χ0v) is 14.9. The molecule has 1 atom stereocenters. The van der Waals surface area contributed by atoms with Crippen molar-refractivity contribution in [1.29, 1.82) is 0 Å². The third-order valence-electron chi connectivity index (χ3n) is 4.38. The number of ether oxygens (including phenoxy) is 1. The minimum Gasteiger partial charge on any atom is -0.466 e. The number of esters is 1. The van der Waals surface area contributed by atoms with E-state index in [0.29, 0.717) is 34.1 Å². The van der Waals surface area contributed by atoms with Crippen molar-refractivity contribution in [2.75, 3.05) is 18.2 Å². The standard InChI is InChI=1S/C18H20N4O2S/c1-10-13(17(23)24-2)12(9-8-11-6-4-3-5-7-11)14-15(19)21-18(25)22-16(14)20-10/h3-7,12H,8-9H2,1-2H3,(H4,19,20,21,22,25). The van der Waals surface area contributed by atoms with Gasteiger partial charge in [-0.2, -0.15) is 0 Å². The van der Waals surface area contributed by atoms with Crippen LogP contribution in [0, 0.1) is 4.77 Å². The molecule has 0 saturated carbocycles. The number of aryl methyl sites for hydroxylation is 1. The lowest BCUT2D eigenvalue weighted by Crippen LogP contribution is -2.25. The van der Waals surface area contributed by atoms with Gasteiger partial charge in [-0.05, 0) is 37.5 Å². The SMILES string of the molecule is COC(=O)C1=C(C)Nc2nc(=S)[nH]c(N)c2C1CCc1ccccc1. The Morgan fingerprint density at radius 1 is 1.36 bits per heavy atom. The number of allylic oxidation sites excluding steroid dienone is 1. The summed E-state index contributed by atoms with van der Waals surface area (Å²) >= 11 is 5.11. The van der Waals surface area contributed by atoms with Crippen LogP contribution in [0.25, 0.3) is 0 Å². The normalized spacial score (nSPS) is 16.2. The van der Waals surface area contributed by atoms with Crippen LogP contribution in [0.5, 0.6) is 0 Å². The van der Waals surface area contributed by atoms with E-state index in [1.807, 2.05) is 25.1 Å². The molecule has 3 rings (SSSR count). The Labute approximate surface area is 151 Å². The maximum atomic E-state index is 12.4. The van der Waals surface area contributed by atoms with Crippen LogP contribution in [0.1, 0.15) is 30.4 Å². The van der Waals surface area contributed by atoms with Gasteiger partial charge in [-0.15, -0.1) is 0 Å². The lowest BCUT2D eigenvalue weighted by Gasteiger charge is -2.29. The van der Waals surface area contributed by atoms with Crippen molar-refractivity contribution in [2.24, 2.45) is 0 Å². The number of methoxy groups -OCH3 is 1. The highest BCUT2D eigenvalue weighted by Crippen LogP contribution is 2.41. The Hall–Kier alpha value is -2.67. The number of nitrogen functional groups attached to an aromatic ring is 1. The van der Waals surface area contributed by atoms with E-state index >= 15 is 0 Å². The first-order valence-corrected chi connectivity index (χ1v) is 8.41. The summed E-state index contributed by atoms with van der Waals surface area (Å²) in [6.07, 6.45) is 1.50. The number of nitrogens with zero attached hydrogens (tertiary/aromatic N) is 1. The number of aromatic nitrogens is 2. The van der Waals surface area contributed by atoms with Gasteiger partial charge >= 0.3 is 5.97 Å². The molecule has 0 spiro atoms. The van der Waals surface area contributed by atoms with Crippen LogP contribution in [0.3, 0.4) is 0 Å². The van der Waals surface area contributed by atoms with Gasteiger partial charge in [0.05, 0.1) is 12.7 Å². The fourth-order valence-corrected chi connectivity index (χ4v) is 3.45. The molecular formula is C18H20N4O2S. The van der Waals surface area contributed by atoms with Crippen LogP contribution in [0.2, 0.25) is 0 Å². The van der Waals surface area contributed by atoms with Crippen LogP contribution in [0.15, 0.2) is 41.6 Å². The highest BCUT2D eigenvalue weighted by Gasteiger charge is 2.34. The number of rotatable bonds is 4. The van der Waals surface area contributed by atoms with E-state index in [0.717, 1.165) is 12.0 Å². The van der Waals surface area contributed by atoms with Gasteiger partial charge < -0.3 is 20.8 Å². The van der Waals surface area contributed by atoms with Gasteiger partial charge in [-0.25, -0.2) is 9.78 Å². The number of benzene rings is 1. The zero-order chi connectivity index (χ0) is 18.0. The number of hydrogen-bond acceptors (Lipinski definition) is 6. The first-order valence-electron chi connectivity index (χ1n) is 8.01. The Morgan fingerprint density at radius 2 is 2.08 bits per heavy atom. The molecule has 1 aromatic heterocycles. The molecule has 0 bridgehead atoms. The smallest absolute Gasteiger partial charge is 0.336 e. The predicted molar refractivity (Wildman–Crippen MR) is 99.7 cm³/mol.